The molecule has 0 aliphatic rings. The molecule has 0 spiro atoms. The molecule has 0 fully saturated rings. The minimum Gasteiger partial charge on any atom is -0.399 e. The Hall–Kier alpha value is -2.42. The van der Waals surface area contributed by atoms with Crippen LogP contribution in [0.25, 0.3) is 0 Å². The third-order valence-electron chi connectivity index (χ3n) is 2.74. The van der Waals surface area contributed by atoms with Crippen molar-refractivity contribution in [1.82, 2.24) is 0 Å². The van der Waals surface area contributed by atoms with Crippen LogP contribution < -0.4 is 5.73 Å². The number of anilines is 1. The highest BCUT2D eigenvalue weighted by atomic mass is 16.2. The molecular weight excluding hydrogens is 226 g/mol. The maximum absolute atomic E-state index is 12.1. The number of hydrogen-bond acceptors (Lipinski definition) is 3. The number of rotatable bonds is 3. The molecule has 0 bridgehead atoms. The van der Waals surface area contributed by atoms with Gasteiger partial charge in [0.05, 0.1) is 0 Å². The second kappa shape index (κ2) is 4.84. The highest BCUT2D eigenvalue weighted by Crippen LogP contribution is 2.15. The zero-order valence-corrected chi connectivity index (χ0v) is 10.0. The summed E-state index contributed by atoms with van der Waals surface area (Å²) in [7, 11) is 0. The molecule has 0 aromatic heterocycles. The van der Waals surface area contributed by atoms with Crippen LogP contribution in [0.5, 0.6) is 0 Å². The number of nitrogens with two attached hydrogens (primary N) is 1. The maximum atomic E-state index is 12.1. The standard InChI is InChI=1S/C15H13NO2/c1-10-9-12(16)7-8-13(10)15(18)14(17)11-5-3-2-4-6-11/h2-9H,16H2,1H3. The lowest BCUT2D eigenvalue weighted by Gasteiger charge is -2.05. The van der Waals surface area contributed by atoms with E-state index in [-0.39, 0.29) is 0 Å². The SMILES string of the molecule is Cc1cc(N)ccc1C(=O)C(=O)c1ccccc1. The first-order valence-corrected chi connectivity index (χ1v) is 5.60. The van der Waals surface area contributed by atoms with Crippen LogP contribution in [-0.2, 0) is 0 Å². The lowest BCUT2D eigenvalue weighted by atomic mass is 9.98. The van der Waals surface area contributed by atoms with Crippen LogP contribution in [0, 0.1) is 6.92 Å². The smallest absolute Gasteiger partial charge is 0.233 e. The molecule has 90 valence electrons. The molecule has 0 unspecified atom stereocenters. The Balaban J connectivity index is 2.35. The van der Waals surface area contributed by atoms with Crippen molar-refractivity contribution in [1.29, 1.82) is 0 Å². The van der Waals surface area contributed by atoms with Gasteiger partial charge >= 0.3 is 0 Å². The van der Waals surface area contributed by atoms with E-state index in [1.807, 2.05) is 0 Å². The summed E-state index contributed by atoms with van der Waals surface area (Å²) in [6.07, 6.45) is 0. The Morgan fingerprint density at radius 1 is 0.944 bits per heavy atom. The van der Waals surface area contributed by atoms with E-state index in [2.05, 4.69) is 0 Å². The summed E-state index contributed by atoms with van der Waals surface area (Å²) in [5.74, 6) is -0.998. The number of aryl methyl sites for hydroxylation is 1. The van der Waals surface area contributed by atoms with Crippen molar-refractivity contribution in [2.75, 3.05) is 5.73 Å². The zero-order chi connectivity index (χ0) is 13.1. The number of ketones is 2. The molecule has 0 aliphatic carbocycles. The number of nitrogen functional groups attached to an aromatic ring is 1. The Morgan fingerprint density at radius 2 is 1.61 bits per heavy atom. The van der Waals surface area contributed by atoms with Crippen molar-refractivity contribution in [3.05, 3.63) is 65.2 Å². The Morgan fingerprint density at radius 3 is 2.22 bits per heavy atom. The van der Waals surface area contributed by atoms with Crippen molar-refractivity contribution in [3.8, 4) is 0 Å². The maximum Gasteiger partial charge on any atom is 0.233 e. The van der Waals surface area contributed by atoms with E-state index in [4.69, 9.17) is 5.73 Å². The van der Waals surface area contributed by atoms with Crippen molar-refractivity contribution in [2.24, 2.45) is 0 Å². The van der Waals surface area contributed by atoms with Crippen molar-refractivity contribution >= 4 is 17.3 Å². The predicted octanol–water partition coefficient (Wildman–Crippen LogP) is 2.64. The van der Waals surface area contributed by atoms with Crippen LogP contribution in [0.2, 0.25) is 0 Å². The Bertz CT molecular complexity index is 603. The van der Waals surface area contributed by atoms with Gasteiger partial charge in [-0.25, -0.2) is 0 Å². The first-order chi connectivity index (χ1) is 8.59. The van der Waals surface area contributed by atoms with Crippen LogP contribution in [0.4, 0.5) is 5.69 Å². The normalized spacial score (nSPS) is 10.1. The third-order valence-corrected chi connectivity index (χ3v) is 2.74. The van der Waals surface area contributed by atoms with E-state index in [9.17, 15) is 9.59 Å². The summed E-state index contributed by atoms with van der Waals surface area (Å²) in [6.45, 7) is 1.77. The number of hydrogen-bond donors (Lipinski definition) is 1. The molecule has 3 heteroatoms. The average molecular weight is 239 g/mol. The Labute approximate surface area is 105 Å². The van der Waals surface area contributed by atoms with Gasteiger partial charge in [0.1, 0.15) is 0 Å². The average Bonchev–Trinajstić information content (AvgIpc) is 2.38. The van der Waals surface area contributed by atoms with Gasteiger partial charge in [-0.3, -0.25) is 9.59 Å². The van der Waals surface area contributed by atoms with Crippen molar-refractivity contribution < 1.29 is 9.59 Å². The molecule has 2 N–H and O–H groups in total. The first-order valence-electron chi connectivity index (χ1n) is 5.60. The van der Waals surface area contributed by atoms with Gasteiger partial charge < -0.3 is 5.73 Å². The highest BCUT2D eigenvalue weighted by Gasteiger charge is 2.19. The second-order valence-corrected chi connectivity index (χ2v) is 4.10. The molecule has 0 saturated carbocycles. The first kappa shape index (κ1) is 12.0. The van der Waals surface area contributed by atoms with Gasteiger partial charge in [0.25, 0.3) is 0 Å². The fourth-order valence-corrected chi connectivity index (χ4v) is 1.78. The molecule has 3 nitrogen and oxygen atoms in total. The topological polar surface area (TPSA) is 60.2 Å². The molecule has 0 aliphatic heterocycles. The molecular formula is C15H13NO2. The van der Waals surface area contributed by atoms with Crippen molar-refractivity contribution in [2.45, 2.75) is 6.92 Å². The van der Waals surface area contributed by atoms with E-state index >= 15 is 0 Å². The van der Waals surface area contributed by atoms with Gasteiger partial charge in [-0.15, -0.1) is 0 Å². The number of benzene rings is 2. The number of Topliss-reactive ketones (excluding diaryl/α,β-unsaturated/α-hetero) is 2. The Kier molecular flexibility index (Phi) is 3.24. The molecule has 0 saturated heterocycles. The second-order valence-electron chi connectivity index (χ2n) is 4.10. The lowest BCUT2D eigenvalue weighted by molar-refractivity contribution is 0.0816. The quantitative estimate of drug-likeness (QED) is 0.509. The predicted molar refractivity (Wildman–Crippen MR) is 70.7 cm³/mol. The van der Waals surface area contributed by atoms with Gasteiger partial charge in [0, 0.05) is 16.8 Å². The van der Waals surface area contributed by atoms with Gasteiger partial charge in [-0.2, -0.15) is 0 Å². The van der Waals surface area contributed by atoms with E-state index in [0.717, 1.165) is 0 Å². The summed E-state index contributed by atoms with van der Waals surface area (Å²) < 4.78 is 0. The minimum absolute atomic E-state index is 0.401. The van der Waals surface area contributed by atoms with Gasteiger partial charge in [0.15, 0.2) is 0 Å². The number of carbonyl (C=O) groups excluding carboxylic acids is 2. The molecule has 2 aromatic carbocycles. The molecule has 2 rings (SSSR count). The van der Waals surface area contributed by atoms with Gasteiger partial charge in [0.2, 0.25) is 11.6 Å². The summed E-state index contributed by atoms with van der Waals surface area (Å²) in [5.41, 5.74) is 7.71. The van der Waals surface area contributed by atoms with E-state index in [1.165, 1.54) is 0 Å². The summed E-state index contributed by atoms with van der Waals surface area (Å²) in [4.78, 5) is 24.1. The fraction of sp³-hybridized carbons (Fsp3) is 0.0667. The largest absolute Gasteiger partial charge is 0.399 e. The van der Waals surface area contributed by atoms with Crippen molar-refractivity contribution in [3.63, 3.8) is 0 Å². The summed E-state index contributed by atoms with van der Waals surface area (Å²) >= 11 is 0. The van der Waals surface area contributed by atoms with Gasteiger partial charge in [-0.05, 0) is 30.7 Å². The van der Waals surface area contributed by atoms with Gasteiger partial charge in [-0.1, -0.05) is 30.3 Å². The molecule has 0 atom stereocenters. The monoisotopic (exact) mass is 239 g/mol. The van der Waals surface area contributed by atoms with E-state index in [1.54, 1.807) is 55.5 Å². The van der Waals surface area contributed by atoms with E-state index < -0.39 is 11.6 Å². The molecule has 18 heavy (non-hydrogen) atoms. The summed E-state index contributed by atoms with van der Waals surface area (Å²) in [5, 5.41) is 0. The minimum atomic E-state index is -0.501. The highest BCUT2D eigenvalue weighted by molar-refractivity contribution is 6.49. The summed E-state index contributed by atoms with van der Waals surface area (Å²) in [6, 6.07) is 13.4. The van der Waals surface area contributed by atoms with E-state index in [0.29, 0.717) is 22.4 Å². The number of carbonyl (C=O) groups is 2. The zero-order valence-electron chi connectivity index (χ0n) is 10.0. The molecule has 0 radical (unpaired) electrons. The third kappa shape index (κ3) is 2.30. The van der Waals surface area contributed by atoms with Crippen LogP contribution in [0.3, 0.4) is 0 Å². The van der Waals surface area contributed by atoms with Crippen LogP contribution >= 0.6 is 0 Å². The van der Waals surface area contributed by atoms with Crippen LogP contribution in [0.15, 0.2) is 48.5 Å². The molecule has 0 heterocycles. The van der Waals surface area contributed by atoms with Crippen LogP contribution in [0.1, 0.15) is 26.3 Å². The molecule has 0 amide bonds. The fourth-order valence-electron chi connectivity index (χ4n) is 1.78. The molecule has 2 aromatic rings. The van der Waals surface area contributed by atoms with Crippen LogP contribution in [-0.4, -0.2) is 11.6 Å². The lowest BCUT2D eigenvalue weighted by Crippen LogP contribution is -2.15.